The maximum atomic E-state index is 13.1. The van der Waals surface area contributed by atoms with Crippen LogP contribution in [0.25, 0.3) is 5.69 Å². The second-order valence-corrected chi connectivity index (χ2v) is 7.15. The van der Waals surface area contributed by atoms with Crippen molar-refractivity contribution in [3.05, 3.63) is 54.4 Å². The van der Waals surface area contributed by atoms with Crippen LogP contribution in [0.5, 0.6) is 0 Å². The Hall–Kier alpha value is -3.43. The zero-order valence-corrected chi connectivity index (χ0v) is 15.6. The summed E-state index contributed by atoms with van der Waals surface area (Å²) in [7, 11) is 0. The van der Waals surface area contributed by atoms with Gasteiger partial charge < -0.3 is 5.32 Å². The number of alkyl halides is 3. The van der Waals surface area contributed by atoms with Crippen molar-refractivity contribution < 1.29 is 27.6 Å². The minimum absolute atomic E-state index is 0.128. The number of amides is 3. The fourth-order valence-electron chi connectivity index (χ4n) is 3.78. The van der Waals surface area contributed by atoms with E-state index in [2.05, 4.69) is 10.4 Å². The van der Waals surface area contributed by atoms with Crippen LogP contribution in [0.1, 0.15) is 18.4 Å². The normalized spacial score (nSPS) is 21.1. The third kappa shape index (κ3) is 3.60. The van der Waals surface area contributed by atoms with E-state index in [0.717, 1.165) is 17.0 Å². The molecular weight excluding hydrogens is 401 g/mol. The zero-order valence-electron chi connectivity index (χ0n) is 15.6. The average Bonchev–Trinajstić information content (AvgIpc) is 3.31. The molecule has 4 rings (SSSR count). The van der Waals surface area contributed by atoms with Crippen molar-refractivity contribution in [2.45, 2.75) is 19.0 Å². The summed E-state index contributed by atoms with van der Waals surface area (Å²) in [5.41, 5.74) is -0.853. The van der Waals surface area contributed by atoms with Crippen LogP contribution in [-0.4, -0.2) is 38.9 Å². The number of halogens is 3. The first kappa shape index (κ1) is 19.9. The third-order valence-corrected chi connectivity index (χ3v) is 5.25. The molecule has 7 nitrogen and oxygen atoms in total. The third-order valence-electron chi connectivity index (χ3n) is 5.25. The molecule has 1 aliphatic heterocycles. The number of carbonyl (C=O) groups is 3. The summed E-state index contributed by atoms with van der Waals surface area (Å²) in [6.07, 6.45) is 2.88. The van der Waals surface area contributed by atoms with Crippen molar-refractivity contribution in [1.82, 2.24) is 14.7 Å². The zero-order chi connectivity index (χ0) is 21.5. The second-order valence-electron chi connectivity index (χ2n) is 7.15. The molecule has 2 aliphatic rings. The first-order valence-electron chi connectivity index (χ1n) is 9.27. The quantitative estimate of drug-likeness (QED) is 0.611. The number of carbonyl (C=O) groups excluding carboxylic acids is 3. The number of imide groups is 1. The molecule has 2 heterocycles. The highest BCUT2D eigenvalue weighted by atomic mass is 19.4. The van der Waals surface area contributed by atoms with Gasteiger partial charge in [0.25, 0.3) is 0 Å². The van der Waals surface area contributed by atoms with Crippen molar-refractivity contribution in [3.8, 4) is 5.69 Å². The molecule has 0 spiro atoms. The van der Waals surface area contributed by atoms with Gasteiger partial charge in [0.05, 0.1) is 28.8 Å². The molecule has 3 amide bonds. The number of benzene rings is 1. The molecule has 30 heavy (non-hydrogen) atoms. The van der Waals surface area contributed by atoms with E-state index in [1.807, 2.05) is 12.2 Å². The first-order chi connectivity index (χ1) is 14.3. The maximum absolute atomic E-state index is 13.1. The van der Waals surface area contributed by atoms with E-state index in [0.29, 0.717) is 12.8 Å². The number of rotatable bonds is 4. The molecule has 0 saturated carbocycles. The standard InChI is InChI=1S/C20H17F3N4O3/c21-20(22,23)12-6-7-16(27-9-3-8-24-27)15(10-12)25-17(28)11-26-18(29)13-4-1-2-5-14(13)19(26)30/h1-3,6-10,13-14H,4-5,11H2,(H,25,28). The first-order valence-corrected chi connectivity index (χ1v) is 9.27. The molecular formula is C20H17F3N4O3. The Morgan fingerprint density at radius 3 is 2.37 bits per heavy atom. The van der Waals surface area contributed by atoms with Crippen molar-refractivity contribution in [1.29, 1.82) is 0 Å². The number of fused-ring (bicyclic) bond motifs is 1. The Morgan fingerprint density at radius 1 is 1.13 bits per heavy atom. The summed E-state index contributed by atoms with van der Waals surface area (Å²) >= 11 is 0. The summed E-state index contributed by atoms with van der Waals surface area (Å²) in [5.74, 6) is -2.59. The Kier molecular flexibility index (Phi) is 4.92. The lowest BCUT2D eigenvalue weighted by Crippen LogP contribution is -2.38. The molecule has 156 valence electrons. The van der Waals surface area contributed by atoms with Gasteiger partial charge in [-0.2, -0.15) is 18.3 Å². The van der Waals surface area contributed by atoms with Gasteiger partial charge in [-0.05, 0) is 37.1 Å². The van der Waals surface area contributed by atoms with Crippen molar-refractivity contribution in [2.75, 3.05) is 11.9 Å². The van der Waals surface area contributed by atoms with E-state index in [4.69, 9.17) is 0 Å². The topological polar surface area (TPSA) is 84.3 Å². The van der Waals surface area contributed by atoms with Gasteiger partial charge >= 0.3 is 6.18 Å². The number of hydrogen-bond acceptors (Lipinski definition) is 4. The Morgan fingerprint density at radius 2 is 1.80 bits per heavy atom. The predicted octanol–water partition coefficient (Wildman–Crippen LogP) is 2.78. The van der Waals surface area contributed by atoms with Gasteiger partial charge in [0, 0.05) is 12.4 Å². The van der Waals surface area contributed by atoms with E-state index in [-0.39, 0.29) is 11.4 Å². The summed E-state index contributed by atoms with van der Waals surface area (Å²) in [5, 5.41) is 6.38. The Bertz CT molecular complexity index is 1000. The monoisotopic (exact) mass is 418 g/mol. The van der Waals surface area contributed by atoms with Crippen molar-refractivity contribution >= 4 is 23.4 Å². The number of allylic oxidation sites excluding steroid dienone is 2. The summed E-state index contributed by atoms with van der Waals surface area (Å²) < 4.78 is 40.7. The summed E-state index contributed by atoms with van der Waals surface area (Å²) in [6.45, 7) is -0.556. The average molecular weight is 418 g/mol. The van der Waals surface area contributed by atoms with Crippen LogP contribution < -0.4 is 5.32 Å². The molecule has 1 N–H and O–H groups in total. The lowest BCUT2D eigenvalue weighted by atomic mass is 9.85. The highest BCUT2D eigenvalue weighted by molar-refractivity contribution is 6.09. The predicted molar refractivity (Wildman–Crippen MR) is 99.3 cm³/mol. The van der Waals surface area contributed by atoms with E-state index in [1.165, 1.54) is 23.1 Å². The van der Waals surface area contributed by atoms with Crippen LogP contribution in [0.3, 0.4) is 0 Å². The highest BCUT2D eigenvalue weighted by Gasteiger charge is 2.47. The van der Waals surface area contributed by atoms with E-state index >= 15 is 0 Å². The molecule has 0 radical (unpaired) electrons. The van der Waals surface area contributed by atoms with Crippen LogP contribution in [0, 0.1) is 11.8 Å². The van der Waals surface area contributed by atoms with E-state index < -0.39 is 47.8 Å². The number of likely N-dealkylation sites (tertiary alicyclic amines) is 1. The number of nitrogens with zero attached hydrogens (tertiary/aromatic N) is 3. The van der Waals surface area contributed by atoms with Gasteiger partial charge in [-0.25, -0.2) is 4.68 Å². The summed E-state index contributed by atoms with van der Waals surface area (Å²) in [6, 6.07) is 4.46. The van der Waals surface area contributed by atoms with Crippen LogP contribution in [0.15, 0.2) is 48.8 Å². The van der Waals surface area contributed by atoms with Crippen molar-refractivity contribution in [3.63, 3.8) is 0 Å². The summed E-state index contributed by atoms with van der Waals surface area (Å²) in [4.78, 5) is 38.5. The number of nitrogens with one attached hydrogen (secondary N) is 1. The minimum Gasteiger partial charge on any atom is -0.323 e. The smallest absolute Gasteiger partial charge is 0.323 e. The maximum Gasteiger partial charge on any atom is 0.416 e. The van der Waals surface area contributed by atoms with Gasteiger partial charge in [-0.15, -0.1) is 0 Å². The number of hydrogen-bond donors (Lipinski definition) is 1. The van der Waals surface area contributed by atoms with Crippen LogP contribution in [0.4, 0.5) is 18.9 Å². The molecule has 1 fully saturated rings. The van der Waals surface area contributed by atoms with Gasteiger partial charge in [-0.1, -0.05) is 12.2 Å². The number of anilines is 1. The van der Waals surface area contributed by atoms with Gasteiger partial charge in [0.15, 0.2) is 0 Å². The molecule has 0 bridgehead atoms. The minimum atomic E-state index is -4.61. The molecule has 2 aromatic rings. The Labute approximate surface area is 169 Å². The fourth-order valence-corrected chi connectivity index (χ4v) is 3.78. The van der Waals surface area contributed by atoms with E-state index in [1.54, 1.807) is 6.07 Å². The molecule has 10 heteroatoms. The fraction of sp³-hybridized carbons (Fsp3) is 0.300. The lowest BCUT2D eigenvalue weighted by Gasteiger charge is -2.17. The van der Waals surface area contributed by atoms with Crippen LogP contribution in [0.2, 0.25) is 0 Å². The Balaban J connectivity index is 1.57. The van der Waals surface area contributed by atoms with Crippen molar-refractivity contribution in [2.24, 2.45) is 11.8 Å². The largest absolute Gasteiger partial charge is 0.416 e. The number of aromatic nitrogens is 2. The van der Waals surface area contributed by atoms with Crippen LogP contribution in [-0.2, 0) is 20.6 Å². The van der Waals surface area contributed by atoms with Gasteiger partial charge in [0.2, 0.25) is 17.7 Å². The molecule has 1 aromatic carbocycles. The molecule has 2 unspecified atom stereocenters. The molecule has 1 aromatic heterocycles. The van der Waals surface area contributed by atoms with Crippen LogP contribution >= 0.6 is 0 Å². The second kappa shape index (κ2) is 7.43. The SMILES string of the molecule is O=C(CN1C(=O)C2CC=CCC2C1=O)Nc1cc(C(F)(F)F)ccc1-n1cccn1. The highest BCUT2D eigenvalue weighted by Crippen LogP contribution is 2.35. The lowest BCUT2D eigenvalue weighted by molar-refractivity contribution is -0.142. The van der Waals surface area contributed by atoms with Gasteiger partial charge in [0.1, 0.15) is 6.54 Å². The molecule has 1 aliphatic carbocycles. The molecule has 1 saturated heterocycles. The van der Waals surface area contributed by atoms with Gasteiger partial charge in [-0.3, -0.25) is 19.3 Å². The van der Waals surface area contributed by atoms with E-state index in [9.17, 15) is 27.6 Å². The molecule has 2 atom stereocenters.